The van der Waals surface area contributed by atoms with E-state index in [2.05, 4.69) is 29.4 Å². The number of hydrogen-bond donors (Lipinski definition) is 1. The molecule has 1 N–H and O–H groups in total. The Kier molecular flexibility index (Phi) is 3.14. The molecule has 1 aromatic rings. The maximum absolute atomic E-state index is 4.01. The van der Waals surface area contributed by atoms with Crippen LogP contribution in [0.3, 0.4) is 0 Å². The smallest absolute Gasteiger partial charge is 0.0270 e. The lowest BCUT2D eigenvalue weighted by Gasteiger charge is -2.03. The van der Waals surface area contributed by atoms with Crippen molar-refractivity contribution in [2.24, 2.45) is 5.92 Å². The van der Waals surface area contributed by atoms with Crippen molar-refractivity contribution in [3.05, 3.63) is 30.1 Å². The SMILES string of the molecule is CCC1CC1NCCc1ccncc1. The van der Waals surface area contributed by atoms with Crippen LogP contribution in [0, 0.1) is 5.92 Å². The number of aromatic nitrogens is 1. The lowest BCUT2D eigenvalue weighted by atomic mass is 10.2. The molecule has 76 valence electrons. The third-order valence-electron chi connectivity index (χ3n) is 3.02. The van der Waals surface area contributed by atoms with Gasteiger partial charge in [-0.1, -0.05) is 13.3 Å². The molecule has 2 nitrogen and oxygen atoms in total. The Morgan fingerprint density at radius 2 is 2.21 bits per heavy atom. The van der Waals surface area contributed by atoms with E-state index in [4.69, 9.17) is 0 Å². The summed E-state index contributed by atoms with van der Waals surface area (Å²) in [5.74, 6) is 0.951. The summed E-state index contributed by atoms with van der Waals surface area (Å²) >= 11 is 0. The van der Waals surface area contributed by atoms with Crippen LogP contribution in [-0.2, 0) is 6.42 Å². The van der Waals surface area contributed by atoms with E-state index in [0.29, 0.717) is 0 Å². The predicted octanol–water partition coefficient (Wildman–Crippen LogP) is 2.01. The molecule has 1 aromatic heterocycles. The Hall–Kier alpha value is -0.890. The third-order valence-corrected chi connectivity index (χ3v) is 3.02. The summed E-state index contributed by atoms with van der Waals surface area (Å²) in [5, 5.41) is 3.59. The molecule has 1 saturated carbocycles. The molecule has 1 fully saturated rings. The molecular formula is C12H18N2. The zero-order chi connectivity index (χ0) is 9.80. The second-order valence-electron chi connectivity index (χ2n) is 4.07. The number of rotatable bonds is 5. The van der Waals surface area contributed by atoms with Gasteiger partial charge in [-0.15, -0.1) is 0 Å². The van der Waals surface area contributed by atoms with Crippen molar-refractivity contribution in [2.75, 3.05) is 6.54 Å². The van der Waals surface area contributed by atoms with E-state index in [9.17, 15) is 0 Å². The highest BCUT2D eigenvalue weighted by molar-refractivity contribution is 5.10. The van der Waals surface area contributed by atoms with Crippen molar-refractivity contribution in [3.63, 3.8) is 0 Å². The van der Waals surface area contributed by atoms with Gasteiger partial charge >= 0.3 is 0 Å². The largest absolute Gasteiger partial charge is 0.313 e. The molecule has 0 aliphatic heterocycles. The number of nitrogens with one attached hydrogen (secondary N) is 1. The molecule has 0 radical (unpaired) electrons. The van der Waals surface area contributed by atoms with Crippen molar-refractivity contribution in [1.29, 1.82) is 0 Å². The van der Waals surface area contributed by atoms with E-state index in [1.165, 1.54) is 18.4 Å². The van der Waals surface area contributed by atoms with Crippen molar-refractivity contribution in [3.8, 4) is 0 Å². The molecule has 14 heavy (non-hydrogen) atoms. The second kappa shape index (κ2) is 4.56. The third kappa shape index (κ3) is 2.55. The van der Waals surface area contributed by atoms with Gasteiger partial charge in [0, 0.05) is 18.4 Å². The summed E-state index contributed by atoms with van der Waals surface area (Å²) < 4.78 is 0. The maximum atomic E-state index is 4.01. The summed E-state index contributed by atoms with van der Waals surface area (Å²) in [5.41, 5.74) is 1.38. The molecule has 2 rings (SSSR count). The Balaban J connectivity index is 1.64. The highest BCUT2D eigenvalue weighted by atomic mass is 15.0. The normalized spacial score (nSPS) is 24.9. The van der Waals surface area contributed by atoms with E-state index in [-0.39, 0.29) is 0 Å². The molecule has 2 unspecified atom stereocenters. The fourth-order valence-corrected chi connectivity index (χ4v) is 1.90. The highest BCUT2D eigenvalue weighted by Crippen LogP contribution is 2.32. The quantitative estimate of drug-likeness (QED) is 0.768. The first-order valence-corrected chi connectivity index (χ1v) is 5.52. The molecule has 1 aliphatic carbocycles. The van der Waals surface area contributed by atoms with Crippen LogP contribution >= 0.6 is 0 Å². The molecule has 2 atom stereocenters. The molecule has 0 spiro atoms. The maximum Gasteiger partial charge on any atom is 0.0270 e. The zero-order valence-corrected chi connectivity index (χ0v) is 8.74. The van der Waals surface area contributed by atoms with Gasteiger partial charge in [0.2, 0.25) is 0 Å². The van der Waals surface area contributed by atoms with Gasteiger partial charge in [0.05, 0.1) is 0 Å². The van der Waals surface area contributed by atoms with Crippen LogP contribution in [0.4, 0.5) is 0 Å². The average Bonchev–Trinajstić information content (AvgIpc) is 2.98. The summed E-state index contributed by atoms with van der Waals surface area (Å²) in [6.45, 7) is 3.38. The van der Waals surface area contributed by atoms with Gasteiger partial charge < -0.3 is 5.32 Å². The lowest BCUT2D eigenvalue weighted by molar-refractivity contribution is 0.623. The summed E-state index contributed by atoms with van der Waals surface area (Å²) in [6.07, 6.45) is 7.55. The number of nitrogens with zero attached hydrogens (tertiary/aromatic N) is 1. The number of pyridine rings is 1. The zero-order valence-electron chi connectivity index (χ0n) is 8.74. The van der Waals surface area contributed by atoms with Gasteiger partial charge in [-0.25, -0.2) is 0 Å². The van der Waals surface area contributed by atoms with Gasteiger partial charge in [-0.3, -0.25) is 4.98 Å². The first-order chi connectivity index (χ1) is 6.90. The minimum Gasteiger partial charge on any atom is -0.313 e. The molecule has 0 aromatic carbocycles. The van der Waals surface area contributed by atoms with Crippen molar-refractivity contribution >= 4 is 0 Å². The van der Waals surface area contributed by atoms with Crippen LogP contribution in [0.2, 0.25) is 0 Å². The van der Waals surface area contributed by atoms with E-state index in [1.54, 1.807) is 0 Å². The topological polar surface area (TPSA) is 24.9 Å². The van der Waals surface area contributed by atoms with E-state index >= 15 is 0 Å². The minimum absolute atomic E-state index is 0.807. The molecule has 2 heteroatoms. The number of hydrogen-bond acceptors (Lipinski definition) is 2. The molecule has 0 amide bonds. The Morgan fingerprint density at radius 1 is 1.43 bits per heavy atom. The summed E-state index contributed by atoms with van der Waals surface area (Å²) in [7, 11) is 0. The fraction of sp³-hybridized carbons (Fsp3) is 0.583. The Labute approximate surface area is 85.7 Å². The Bertz CT molecular complexity index is 271. The van der Waals surface area contributed by atoms with Crippen LogP contribution in [0.15, 0.2) is 24.5 Å². The molecule has 1 aliphatic rings. The van der Waals surface area contributed by atoms with E-state index in [1.807, 2.05) is 12.4 Å². The summed E-state index contributed by atoms with van der Waals surface area (Å²) in [4.78, 5) is 4.01. The van der Waals surface area contributed by atoms with E-state index in [0.717, 1.165) is 24.9 Å². The van der Waals surface area contributed by atoms with Crippen LogP contribution in [0.25, 0.3) is 0 Å². The second-order valence-corrected chi connectivity index (χ2v) is 4.07. The van der Waals surface area contributed by atoms with Gasteiger partial charge in [-0.2, -0.15) is 0 Å². The first-order valence-electron chi connectivity index (χ1n) is 5.52. The van der Waals surface area contributed by atoms with Gasteiger partial charge in [0.1, 0.15) is 0 Å². The summed E-state index contributed by atoms with van der Waals surface area (Å²) in [6, 6.07) is 4.99. The van der Waals surface area contributed by atoms with Crippen LogP contribution in [-0.4, -0.2) is 17.6 Å². The fourth-order valence-electron chi connectivity index (χ4n) is 1.90. The van der Waals surface area contributed by atoms with Crippen LogP contribution < -0.4 is 5.32 Å². The van der Waals surface area contributed by atoms with Crippen molar-refractivity contribution in [2.45, 2.75) is 32.2 Å². The molecule has 1 heterocycles. The van der Waals surface area contributed by atoms with Crippen LogP contribution in [0.1, 0.15) is 25.3 Å². The van der Waals surface area contributed by atoms with Gasteiger partial charge in [0.25, 0.3) is 0 Å². The molecule has 0 saturated heterocycles. The van der Waals surface area contributed by atoms with E-state index < -0.39 is 0 Å². The van der Waals surface area contributed by atoms with Gasteiger partial charge in [0.15, 0.2) is 0 Å². The average molecular weight is 190 g/mol. The monoisotopic (exact) mass is 190 g/mol. The molecular weight excluding hydrogens is 172 g/mol. The van der Waals surface area contributed by atoms with Crippen molar-refractivity contribution in [1.82, 2.24) is 10.3 Å². The first kappa shape index (κ1) is 9.66. The highest BCUT2D eigenvalue weighted by Gasteiger charge is 2.34. The standard InChI is InChI=1S/C12H18N2/c1-2-11-9-12(11)14-8-5-10-3-6-13-7-4-10/h3-4,6-7,11-12,14H,2,5,8-9H2,1H3. The van der Waals surface area contributed by atoms with Crippen LogP contribution in [0.5, 0.6) is 0 Å². The van der Waals surface area contributed by atoms with Crippen molar-refractivity contribution < 1.29 is 0 Å². The minimum atomic E-state index is 0.807. The Morgan fingerprint density at radius 3 is 2.86 bits per heavy atom. The lowest BCUT2D eigenvalue weighted by Crippen LogP contribution is -2.21. The predicted molar refractivity (Wildman–Crippen MR) is 58.1 cm³/mol. The molecule has 0 bridgehead atoms. The van der Waals surface area contributed by atoms with Gasteiger partial charge in [-0.05, 0) is 43.0 Å².